The molecule has 0 saturated carbocycles. The molecule has 0 aliphatic rings. The average molecular weight is 323 g/mol. The summed E-state index contributed by atoms with van der Waals surface area (Å²) in [7, 11) is 0. The normalized spacial score (nSPS) is 10.8. The Bertz CT molecular complexity index is 715. The Morgan fingerprint density at radius 1 is 1.35 bits per heavy atom. The second-order valence-electron chi connectivity index (χ2n) is 3.87. The Morgan fingerprint density at radius 3 is 2.95 bits per heavy atom. The van der Waals surface area contributed by atoms with Gasteiger partial charge in [0.25, 0.3) is 0 Å². The molecule has 3 heterocycles. The molecule has 0 atom stereocenters. The van der Waals surface area contributed by atoms with Crippen LogP contribution in [0.4, 0.5) is 0 Å². The highest BCUT2D eigenvalue weighted by Crippen LogP contribution is 2.29. The van der Waals surface area contributed by atoms with Crippen LogP contribution in [0.3, 0.4) is 0 Å². The molecule has 1 N–H and O–H groups in total. The molecule has 3 aromatic rings. The first-order valence-electron chi connectivity index (χ1n) is 5.65. The first kappa shape index (κ1) is 13.4. The summed E-state index contributed by atoms with van der Waals surface area (Å²) in [4.78, 5) is 15.3. The highest BCUT2D eigenvalue weighted by Gasteiger charge is 2.10. The average Bonchev–Trinajstić information content (AvgIpc) is 3.17. The number of carbonyl (C=O) groups is 1. The molecule has 0 saturated heterocycles. The van der Waals surface area contributed by atoms with Gasteiger partial charge in [0, 0.05) is 22.1 Å². The lowest BCUT2D eigenvalue weighted by atomic mass is 10.4. The highest BCUT2D eigenvalue weighted by atomic mass is 32.2. The third kappa shape index (κ3) is 2.95. The van der Waals surface area contributed by atoms with Gasteiger partial charge in [-0.1, -0.05) is 11.8 Å². The number of aromatic nitrogens is 1. The number of thioether (sulfide) groups is 1. The predicted octanol–water partition coefficient (Wildman–Crippen LogP) is 4.46. The summed E-state index contributed by atoms with van der Waals surface area (Å²) in [6, 6.07) is 5.18. The van der Waals surface area contributed by atoms with E-state index in [4.69, 9.17) is 9.52 Å². The van der Waals surface area contributed by atoms with Crippen LogP contribution in [0.2, 0.25) is 0 Å². The van der Waals surface area contributed by atoms with Crippen molar-refractivity contribution < 1.29 is 14.3 Å². The fourth-order valence-corrected chi connectivity index (χ4v) is 3.94. The summed E-state index contributed by atoms with van der Waals surface area (Å²) < 4.78 is 5.19. The molecule has 0 bridgehead atoms. The first-order chi connectivity index (χ1) is 9.72. The van der Waals surface area contributed by atoms with Crippen LogP contribution in [0, 0.1) is 0 Å². The molecule has 3 aromatic heterocycles. The molecule has 0 aliphatic heterocycles. The quantitative estimate of drug-likeness (QED) is 0.703. The summed E-state index contributed by atoms with van der Waals surface area (Å²) in [5.41, 5.74) is 2.11. The number of aromatic carboxylic acids is 1. The molecule has 0 radical (unpaired) electrons. The molecule has 20 heavy (non-hydrogen) atoms. The van der Waals surface area contributed by atoms with Crippen molar-refractivity contribution in [3.8, 4) is 10.6 Å². The van der Waals surface area contributed by atoms with Crippen LogP contribution < -0.4 is 0 Å². The molecule has 3 rings (SSSR count). The lowest BCUT2D eigenvalue weighted by Crippen LogP contribution is -1.91. The summed E-state index contributed by atoms with van der Waals surface area (Å²) in [6.07, 6.45) is 0. The second-order valence-corrected chi connectivity index (χ2v) is 6.49. The number of thiophene rings is 1. The number of carboxylic acid groups (broad SMARTS) is 1. The van der Waals surface area contributed by atoms with Crippen molar-refractivity contribution in [2.45, 2.75) is 10.8 Å². The van der Waals surface area contributed by atoms with E-state index >= 15 is 0 Å². The summed E-state index contributed by atoms with van der Waals surface area (Å²) >= 11 is 4.70. The highest BCUT2D eigenvalue weighted by molar-refractivity contribution is 7.98. The maximum Gasteiger partial charge on any atom is 0.371 e. The van der Waals surface area contributed by atoms with E-state index < -0.39 is 5.97 Å². The number of furan rings is 1. The Labute approximate surface area is 127 Å². The van der Waals surface area contributed by atoms with Gasteiger partial charge in [0.1, 0.15) is 5.01 Å². The molecule has 102 valence electrons. The van der Waals surface area contributed by atoms with Crippen molar-refractivity contribution in [1.82, 2.24) is 4.98 Å². The number of rotatable bonds is 5. The number of nitrogens with zero attached hydrogens (tertiary/aromatic N) is 1. The first-order valence-corrected chi connectivity index (χ1v) is 8.46. The molecule has 7 heteroatoms. The number of thiazole rings is 1. The lowest BCUT2D eigenvalue weighted by molar-refractivity contribution is 0.0656. The van der Waals surface area contributed by atoms with Crippen LogP contribution in [-0.4, -0.2) is 16.1 Å². The van der Waals surface area contributed by atoms with Crippen LogP contribution in [0.15, 0.2) is 43.8 Å². The SMILES string of the molecule is O=C(O)c1ccc(SCc2csc(-c3ccsc3)n2)o1. The monoisotopic (exact) mass is 323 g/mol. The van der Waals surface area contributed by atoms with Gasteiger partial charge in [0.15, 0.2) is 5.09 Å². The van der Waals surface area contributed by atoms with Gasteiger partial charge in [-0.15, -0.1) is 11.3 Å². The maximum atomic E-state index is 10.7. The fourth-order valence-electron chi connectivity index (χ4n) is 1.55. The van der Waals surface area contributed by atoms with Crippen molar-refractivity contribution in [1.29, 1.82) is 0 Å². The zero-order valence-electron chi connectivity index (χ0n) is 10.1. The molecule has 0 unspecified atom stereocenters. The van der Waals surface area contributed by atoms with Crippen molar-refractivity contribution in [3.05, 3.63) is 45.8 Å². The topological polar surface area (TPSA) is 63.3 Å². The van der Waals surface area contributed by atoms with E-state index in [1.807, 2.05) is 16.8 Å². The predicted molar refractivity (Wildman–Crippen MR) is 80.7 cm³/mol. The maximum absolute atomic E-state index is 10.7. The van der Waals surface area contributed by atoms with Crippen LogP contribution >= 0.6 is 34.4 Å². The van der Waals surface area contributed by atoms with Gasteiger partial charge >= 0.3 is 5.97 Å². The van der Waals surface area contributed by atoms with E-state index in [-0.39, 0.29) is 5.76 Å². The van der Waals surface area contributed by atoms with E-state index in [0.717, 1.165) is 16.3 Å². The van der Waals surface area contributed by atoms with Crippen LogP contribution in [-0.2, 0) is 5.75 Å². The summed E-state index contributed by atoms with van der Waals surface area (Å²) in [5.74, 6) is -0.428. The van der Waals surface area contributed by atoms with E-state index in [1.54, 1.807) is 28.7 Å². The van der Waals surface area contributed by atoms with Crippen LogP contribution in [0.5, 0.6) is 0 Å². The summed E-state index contributed by atoms with van der Waals surface area (Å²) in [5, 5.41) is 16.5. The van der Waals surface area contributed by atoms with Crippen molar-refractivity contribution in [3.63, 3.8) is 0 Å². The molecule has 0 aliphatic carbocycles. The van der Waals surface area contributed by atoms with Gasteiger partial charge in [-0.2, -0.15) is 11.3 Å². The minimum atomic E-state index is -1.05. The molecular weight excluding hydrogens is 314 g/mol. The Morgan fingerprint density at radius 2 is 2.25 bits per heavy atom. The zero-order chi connectivity index (χ0) is 13.9. The Kier molecular flexibility index (Phi) is 3.90. The third-order valence-electron chi connectivity index (χ3n) is 2.47. The van der Waals surface area contributed by atoms with Gasteiger partial charge < -0.3 is 9.52 Å². The summed E-state index contributed by atoms with van der Waals surface area (Å²) in [6.45, 7) is 0. The van der Waals surface area contributed by atoms with Crippen LogP contribution in [0.25, 0.3) is 10.6 Å². The Balaban J connectivity index is 1.65. The largest absolute Gasteiger partial charge is 0.475 e. The molecule has 0 amide bonds. The van der Waals surface area contributed by atoms with Gasteiger partial charge in [0.2, 0.25) is 5.76 Å². The van der Waals surface area contributed by atoms with Crippen molar-refractivity contribution in [2.24, 2.45) is 0 Å². The van der Waals surface area contributed by atoms with Crippen molar-refractivity contribution >= 4 is 40.4 Å². The standard InChI is InChI=1S/C13H9NO3S3/c15-13(16)10-1-2-11(17-10)19-6-9-7-20-12(14-9)8-3-4-18-5-8/h1-5,7H,6H2,(H,15,16). The van der Waals surface area contributed by atoms with Gasteiger partial charge in [-0.05, 0) is 23.6 Å². The molecule has 0 spiro atoms. The minimum absolute atomic E-state index is 0.0373. The minimum Gasteiger partial charge on any atom is -0.475 e. The van der Waals surface area contributed by atoms with E-state index in [0.29, 0.717) is 10.8 Å². The van der Waals surface area contributed by atoms with Gasteiger partial charge in [0.05, 0.1) is 5.69 Å². The van der Waals surface area contributed by atoms with Gasteiger partial charge in [-0.25, -0.2) is 9.78 Å². The van der Waals surface area contributed by atoms with E-state index in [9.17, 15) is 4.79 Å². The number of carboxylic acids is 1. The Hall–Kier alpha value is -1.57. The number of hydrogen-bond donors (Lipinski definition) is 1. The molecule has 4 nitrogen and oxygen atoms in total. The third-order valence-corrected chi connectivity index (χ3v) is 5.04. The lowest BCUT2D eigenvalue weighted by Gasteiger charge is -1.94. The van der Waals surface area contributed by atoms with Crippen LogP contribution in [0.1, 0.15) is 16.2 Å². The molecule has 0 aromatic carbocycles. The van der Waals surface area contributed by atoms with E-state index in [1.165, 1.54) is 17.8 Å². The number of hydrogen-bond acceptors (Lipinski definition) is 6. The van der Waals surface area contributed by atoms with Crippen molar-refractivity contribution in [2.75, 3.05) is 0 Å². The zero-order valence-corrected chi connectivity index (χ0v) is 12.6. The van der Waals surface area contributed by atoms with Gasteiger partial charge in [-0.3, -0.25) is 0 Å². The second kappa shape index (κ2) is 5.82. The fraction of sp³-hybridized carbons (Fsp3) is 0.0769. The smallest absolute Gasteiger partial charge is 0.371 e. The molecular formula is C13H9NO3S3. The van der Waals surface area contributed by atoms with E-state index in [2.05, 4.69) is 10.4 Å². The molecule has 0 fully saturated rings.